The van der Waals surface area contributed by atoms with E-state index in [0.717, 1.165) is 0 Å². The molecule has 0 fully saturated rings. The average Bonchev–Trinajstić information content (AvgIpc) is 2.30. The molecule has 1 aromatic rings. The Bertz CT molecular complexity index is 524. The third-order valence-corrected chi connectivity index (χ3v) is 3.23. The van der Waals surface area contributed by atoms with Gasteiger partial charge in [-0.15, -0.1) is 0 Å². The highest BCUT2D eigenvalue weighted by Crippen LogP contribution is 2.34. The number of hydrogen-bond acceptors (Lipinski definition) is 3. The van der Waals surface area contributed by atoms with Crippen LogP contribution in [0.1, 0.15) is 32.3 Å². The van der Waals surface area contributed by atoms with Gasteiger partial charge in [0.2, 0.25) is 0 Å². The number of ether oxygens (including phenoxy) is 1. The number of anilines is 1. The number of fused-ring (bicyclic) bond motifs is 1. The molecule has 2 N–H and O–H groups in total. The smallest absolute Gasteiger partial charge is 0.311 e. The molecule has 5 heteroatoms. The van der Waals surface area contributed by atoms with E-state index < -0.39 is 18.0 Å². The Balaban J connectivity index is 2.38. The van der Waals surface area contributed by atoms with E-state index >= 15 is 0 Å². The third-order valence-electron chi connectivity index (χ3n) is 3.23. The zero-order valence-corrected chi connectivity index (χ0v) is 11.1. The number of nitrogens with one attached hydrogen (secondary N) is 1. The van der Waals surface area contributed by atoms with Crippen molar-refractivity contribution in [3.8, 4) is 5.75 Å². The summed E-state index contributed by atoms with van der Waals surface area (Å²) in [5.74, 6) is -1.13. The molecule has 1 aliphatic rings. The Morgan fingerprint density at radius 2 is 2.11 bits per heavy atom. The molecule has 0 spiro atoms. The second-order valence-electron chi connectivity index (χ2n) is 5.06. The minimum absolute atomic E-state index is 0.0221. The molecule has 1 aliphatic heterocycles. The molecule has 1 aromatic carbocycles. The van der Waals surface area contributed by atoms with E-state index in [1.165, 1.54) is 0 Å². The van der Waals surface area contributed by atoms with Crippen molar-refractivity contribution in [3.05, 3.63) is 23.8 Å². The number of carboxylic acids is 1. The Labute approximate surface area is 111 Å². The summed E-state index contributed by atoms with van der Waals surface area (Å²) < 4.78 is 5.49. The van der Waals surface area contributed by atoms with Gasteiger partial charge in [-0.25, -0.2) is 0 Å². The first-order chi connectivity index (χ1) is 8.90. The molecular formula is C14H17NO4. The van der Waals surface area contributed by atoms with Gasteiger partial charge in [0.05, 0.1) is 11.6 Å². The van der Waals surface area contributed by atoms with Gasteiger partial charge in [-0.05, 0) is 30.5 Å². The number of amides is 1. The second-order valence-corrected chi connectivity index (χ2v) is 5.06. The first-order valence-corrected chi connectivity index (χ1v) is 6.24. The first-order valence-electron chi connectivity index (χ1n) is 6.24. The van der Waals surface area contributed by atoms with E-state index in [1.54, 1.807) is 25.1 Å². The molecule has 0 aromatic heterocycles. The van der Waals surface area contributed by atoms with Gasteiger partial charge < -0.3 is 15.2 Å². The Morgan fingerprint density at radius 1 is 1.42 bits per heavy atom. The SMILES string of the molecule is CC1Oc2cc(C(C(=O)O)C(C)C)ccc2NC1=O. The molecule has 0 aliphatic carbocycles. The van der Waals surface area contributed by atoms with Crippen LogP contribution in [-0.4, -0.2) is 23.1 Å². The van der Waals surface area contributed by atoms with Crippen LogP contribution in [0.5, 0.6) is 5.75 Å². The fourth-order valence-corrected chi connectivity index (χ4v) is 2.22. The predicted octanol–water partition coefficient (Wildman–Crippen LogP) is 2.23. The lowest BCUT2D eigenvalue weighted by molar-refractivity contribution is -0.139. The van der Waals surface area contributed by atoms with Gasteiger partial charge in [-0.1, -0.05) is 19.9 Å². The van der Waals surface area contributed by atoms with Crippen molar-refractivity contribution in [3.63, 3.8) is 0 Å². The van der Waals surface area contributed by atoms with Gasteiger partial charge in [0.25, 0.3) is 5.91 Å². The van der Waals surface area contributed by atoms with Crippen LogP contribution in [0.25, 0.3) is 0 Å². The molecule has 0 saturated carbocycles. The fraction of sp³-hybridized carbons (Fsp3) is 0.429. The van der Waals surface area contributed by atoms with Gasteiger partial charge in [-0.3, -0.25) is 9.59 Å². The van der Waals surface area contributed by atoms with E-state index in [9.17, 15) is 14.7 Å². The lowest BCUT2D eigenvalue weighted by atomic mass is 9.88. The van der Waals surface area contributed by atoms with E-state index in [2.05, 4.69) is 5.32 Å². The highest BCUT2D eigenvalue weighted by molar-refractivity contribution is 5.97. The van der Waals surface area contributed by atoms with E-state index in [0.29, 0.717) is 17.0 Å². The van der Waals surface area contributed by atoms with Crippen molar-refractivity contribution in [2.45, 2.75) is 32.8 Å². The second kappa shape index (κ2) is 4.91. The van der Waals surface area contributed by atoms with Crippen molar-refractivity contribution < 1.29 is 19.4 Å². The van der Waals surface area contributed by atoms with Crippen LogP contribution in [-0.2, 0) is 9.59 Å². The van der Waals surface area contributed by atoms with E-state index in [1.807, 2.05) is 13.8 Å². The molecule has 0 radical (unpaired) electrons. The number of aliphatic carboxylic acids is 1. The summed E-state index contributed by atoms with van der Waals surface area (Å²) in [6.45, 7) is 5.38. The van der Waals surface area contributed by atoms with Crippen molar-refractivity contribution in [1.29, 1.82) is 0 Å². The largest absolute Gasteiger partial charge is 0.481 e. The van der Waals surface area contributed by atoms with Crippen LogP contribution in [0.2, 0.25) is 0 Å². The van der Waals surface area contributed by atoms with Crippen molar-refractivity contribution >= 4 is 17.6 Å². The number of carbonyl (C=O) groups excluding carboxylic acids is 1. The topological polar surface area (TPSA) is 75.6 Å². The molecule has 5 nitrogen and oxygen atoms in total. The van der Waals surface area contributed by atoms with Crippen molar-refractivity contribution in [2.75, 3.05) is 5.32 Å². The molecule has 2 unspecified atom stereocenters. The maximum absolute atomic E-state index is 11.5. The van der Waals surface area contributed by atoms with Crippen LogP contribution < -0.4 is 10.1 Å². The standard InChI is InChI=1S/C14H17NO4/c1-7(2)12(14(17)18)9-4-5-10-11(6-9)19-8(3)13(16)15-10/h4-8,12H,1-3H3,(H,15,16)(H,17,18). The summed E-state index contributed by atoms with van der Waals surface area (Å²) in [7, 11) is 0. The lowest BCUT2D eigenvalue weighted by Crippen LogP contribution is -2.34. The predicted molar refractivity (Wildman–Crippen MR) is 70.4 cm³/mol. The fourth-order valence-electron chi connectivity index (χ4n) is 2.22. The van der Waals surface area contributed by atoms with Crippen molar-refractivity contribution in [2.24, 2.45) is 5.92 Å². The van der Waals surface area contributed by atoms with Gasteiger partial charge in [0, 0.05) is 0 Å². The third kappa shape index (κ3) is 2.54. The van der Waals surface area contributed by atoms with Crippen LogP contribution in [0.3, 0.4) is 0 Å². The first kappa shape index (κ1) is 13.4. The van der Waals surface area contributed by atoms with Gasteiger partial charge in [-0.2, -0.15) is 0 Å². The van der Waals surface area contributed by atoms with Gasteiger partial charge >= 0.3 is 5.97 Å². The molecule has 0 bridgehead atoms. The summed E-state index contributed by atoms with van der Waals surface area (Å²) in [4.78, 5) is 22.8. The number of rotatable bonds is 3. The van der Waals surface area contributed by atoms with Gasteiger partial charge in [0.1, 0.15) is 5.75 Å². The van der Waals surface area contributed by atoms with Crippen LogP contribution in [0.4, 0.5) is 5.69 Å². The highest BCUT2D eigenvalue weighted by Gasteiger charge is 2.28. The maximum Gasteiger partial charge on any atom is 0.311 e. The molecule has 102 valence electrons. The van der Waals surface area contributed by atoms with Crippen LogP contribution >= 0.6 is 0 Å². The Hall–Kier alpha value is -2.04. The quantitative estimate of drug-likeness (QED) is 0.876. The summed E-state index contributed by atoms with van der Waals surface area (Å²) in [5, 5.41) is 12.0. The zero-order valence-electron chi connectivity index (χ0n) is 11.1. The average molecular weight is 263 g/mol. The summed E-state index contributed by atoms with van der Waals surface area (Å²) in [5.41, 5.74) is 1.27. The number of benzene rings is 1. The molecule has 0 saturated heterocycles. The molecule has 19 heavy (non-hydrogen) atoms. The van der Waals surface area contributed by atoms with E-state index in [-0.39, 0.29) is 11.8 Å². The minimum atomic E-state index is -0.858. The monoisotopic (exact) mass is 263 g/mol. The number of carboxylic acid groups (broad SMARTS) is 1. The summed E-state index contributed by atoms with van der Waals surface area (Å²) in [6.07, 6.45) is -0.565. The Morgan fingerprint density at radius 3 is 2.68 bits per heavy atom. The molecule has 1 heterocycles. The minimum Gasteiger partial charge on any atom is -0.481 e. The van der Waals surface area contributed by atoms with Crippen molar-refractivity contribution in [1.82, 2.24) is 0 Å². The van der Waals surface area contributed by atoms with E-state index in [4.69, 9.17) is 4.74 Å². The normalized spacial score (nSPS) is 19.4. The zero-order chi connectivity index (χ0) is 14.2. The summed E-state index contributed by atoms with van der Waals surface area (Å²) >= 11 is 0. The molecule has 1 amide bonds. The number of hydrogen-bond donors (Lipinski definition) is 2. The van der Waals surface area contributed by atoms with Crippen LogP contribution in [0, 0.1) is 5.92 Å². The Kier molecular flexibility index (Phi) is 3.46. The molecule has 2 rings (SSSR count). The van der Waals surface area contributed by atoms with Crippen LogP contribution in [0.15, 0.2) is 18.2 Å². The van der Waals surface area contributed by atoms with Gasteiger partial charge in [0.15, 0.2) is 6.10 Å². The number of carbonyl (C=O) groups is 2. The lowest BCUT2D eigenvalue weighted by Gasteiger charge is -2.25. The molecule has 2 atom stereocenters. The molecular weight excluding hydrogens is 246 g/mol. The maximum atomic E-state index is 11.5. The summed E-state index contributed by atoms with van der Waals surface area (Å²) in [6, 6.07) is 5.11. The highest BCUT2D eigenvalue weighted by atomic mass is 16.5.